The van der Waals surface area contributed by atoms with E-state index < -0.39 is 0 Å². The fraction of sp³-hybridized carbons (Fsp3) is 0.350. The lowest BCUT2D eigenvalue weighted by atomic mass is 10.2. The van der Waals surface area contributed by atoms with Gasteiger partial charge >= 0.3 is 0 Å². The molecule has 0 aromatic heterocycles. The van der Waals surface area contributed by atoms with Gasteiger partial charge in [0, 0.05) is 24.5 Å². The van der Waals surface area contributed by atoms with Gasteiger partial charge in [-0.05, 0) is 49.2 Å². The summed E-state index contributed by atoms with van der Waals surface area (Å²) in [6, 6.07) is 16.0. The average Bonchev–Trinajstić information content (AvgIpc) is 3.17. The number of para-hydroxylation sites is 2. The van der Waals surface area contributed by atoms with E-state index >= 15 is 0 Å². The Kier molecular flexibility index (Phi) is 4.46. The molecule has 2 aromatic carbocycles. The minimum atomic E-state index is -0.00868. The molecular weight excluding hydrogens is 314 g/mol. The third-order valence-electron chi connectivity index (χ3n) is 4.78. The molecule has 1 amide bonds. The highest BCUT2D eigenvalue weighted by Crippen LogP contribution is 2.30. The average molecular weight is 337 g/mol. The maximum Gasteiger partial charge on any atom is 0.243 e. The quantitative estimate of drug-likeness (QED) is 0.931. The van der Waals surface area contributed by atoms with Gasteiger partial charge < -0.3 is 19.9 Å². The van der Waals surface area contributed by atoms with E-state index in [1.54, 1.807) is 0 Å². The molecule has 130 valence electrons. The first-order valence-corrected chi connectivity index (χ1v) is 8.91. The molecule has 2 heterocycles. The first-order chi connectivity index (χ1) is 12.3. The van der Waals surface area contributed by atoms with Crippen molar-refractivity contribution in [3.8, 4) is 5.75 Å². The van der Waals surface area contributed by atoms with E-state index in [0.29, 0.717) is 13.2 Å². The Labute approximate surface area is 148 Å². The second-order valence-electron chi connectivity index (χ2n) is 6.53. The number of fused-ring (bicyclic) bond motifs is 1. The predicted molar refractivity (Wildman–Crippen MR) is 101 cm³/mol. The molecule has 1 N–H and O–H groups in total. The topological polar surface area (TPSA) is 44.8 Å². The molecule has 25 heavy (non-hydrogen) atoms. The standard InChI is InChI=1S/C20H23N3O2/c24-20(15-23-13-14-25-19-6-2-1-5-18(19)23)21-16-7-9-17(10-8-16)22-11-3-4-12-22/h1-2,5-10H,3-4,11-15H2,(H,21,24). The number of carbonyl (C=O) groups is 1. The van der Waals surface area contributed by atoms with Gasteiger partial charge in [-0.25, -0.2) is 0 Å². The molecule has 1 saturated heterocycles. The summed E-state index contributed by atoms with van der Waals surface area (Å²) in [4.78, 5) is 16.9. The minimum absolute atomic E-state index is 0.00868. The fourth-order valence-electron chi connectivity index (χ4n) is 3.50. The Morgan fingerprint density at radius 1 is 1.00 bits per heavy atom. The van der Waals surface area contributed by atoms with Crippen molar-refractivity contribution in [1.82, 2.24) is 0 Å². The zero-order chi connectivity index (χ0) is 17.1. The molecule has 5 nitrogen and oxygen atoms in total. The molecule has 0 unspecified atom stereocenters. The van der Waals surface area contributed by atoms with Gasteiger partial charge in [0.15, 0.2) is 0 Å². The molecule has 0 radical (unpaired) electrons. The van der Waals surface area contributed by atoms with Crippen LogP contribution in [0.15, 0.2) is 48.5 Å². The van der Waals surface area contributed by atoms with Crippen molar-refractivity contribution in [2.75, 3.05) is 47.9 Å². The van der Waals surface area contributed by atoms with Crippen LogP contribution in [0.2, 0.25) is 0 Å². The summed E-state index contributed by atoms with van der Waals surface area (Å²) in [6.45, 7) is 3.91. The molecule has 0 bridgehead atoms. The van der Waals surface area contributed by atoms with Gasteiger partial charge in [-0.2, -0.15) is 0 Å². The summed E-state index contributed by atoms with van der Waals surface area (Å²) in [5.41, 5.74) is 3.06. The summed E-state index contributed by atoms with van der Waals surface area (Å²) in [5.74, 6) is 0.835. The monoisotopic (exact) mass is 337 g/mol. The van der Waals surface area contributed by atoms with Gasteiger partial charge in [0.25, 0.3) is 0 Å². The molecule has 2 aromatic rings. The van der Waals surface area contributed by atoms with Crippen LogP contribution in [-0.4, -0.2) is 38.7 Å². The van der Waals surface area contributed by atoms with Crippen LogP contribution < -0.4 is 19.9 Å². The van der Waals surface area contributed by atoms with Crippen LogP contribution in [0, 0.1) is 0 Å². The summed E-state index contributed by atoms with van der Waals surface area (Å²) in [6.07, 6.45) is 2.53. The number of benzene rings is 2. The number of carbonyl (C=O) groups excluding carboxylic acids is 1. The second kappa shape index (κ2) is 7.05. The Bertz CT molecular complexity index is 739. The Hall–Kier alpha value is -2.69. The summed E-state index contributed by atoms with van der Waals surface area (Å²) in [7, 11) is 0. The van der Waals surface area contributed by atoms with Gasteiger partial charge in [-0.3, -0.25) is 4.79 Å². The van der Waals surface area contributed by atoms with Crippen molar-refractivity contribution in [3.05, 3.63) is 48.5 Å². The van der Waals surface area contributed by atoms with Crippen LogP contribution in [0.1, 0.15) is 12.8 Å². The minimum Gasteiger partial charge on any atom is -0.490 e. The lowest BCUT2D eigenvalue weighted by molar-refractivity contribution is -0.115. The molecule has 4 rings (SSSR count). The molecular formula is C20H23N3O2. The summed E-state index contributed by atoms with van der Waals surface area (Å²) >= 11 is 0. The number of anilines is 3. The Balaban J connectivity index is 1.38. The van der Waals surface area contributed by atoms with Crippen LogP contribution >= 0.6 is 0 Å². The highest BCUT2D eigenvalue weighted by atomic mass is 16.5. The summed E-state index contributed by atoms with van der Waals surface area (Å²) in [5, 5.41) is 3.00. The zero-order valence-electron chi connectivity index (χ0n) is 14.3. The third-order valence-corrected chi connectivity index (χ3v) is 4.78. The van der Waals surface area contributed by atoms with E-state index in [1.165, 1.54) is 18.5 Å². The van der Waals surface area contributed by atoms with Crippen LogP contribution in [0.4, 0.5) is 17.1 Å². The Morgan fingerprint density at radius 2 is 1.76 bits per heavy atom. The van der Waals surface area contributed by atoms with Crippen molar-refractivity contribution in [2.24, 2.45) is 0 Å². The smallest absolute Gasteiger partial charge is 0.243 e. The van der Waals surface area contributed by atoms with E-state index in [2.05, 4.69) is 27.2 Å². The molecule has 1 fully saturated rings. The van der Waals surface area contributed by atoms with Gasteiger partial charge in [-0.15, -0.1) is 0 Å². The summed E-state index contributed by atoms with van der Waals surface area (Å²) < 4.78 is 5.64. The largest absolute Gasteiger partial charge is 0.490 e. The van der Waals surface area contributed by atoms with Gasteiger partial charge in [0.1, 0.15) is 12.4 Å². The highest BCUT2D eigenvalue weighted by molar-refractivity contribution is 5.94. The van der Waals surface area contributed by atoms with Crippen molar-refractivity contribution in [3.63, 3.8) is 0 Å². The molecule has 0 saturated carbocycles. The van der Waals surface area contributed by atoms with Crippen molar-refractivity contribution in [2.45, 2.75) is 12.8 Å². The number of hydrogen-bond acceptors (Lipinski definition) is 4. The number of amides is 1. The predicted octanol–water partition coefficient (Wildman–Crippen LogP) is 3.12. The van der Waals surface area contributed by atoms with E-state index in [0.717, 1.165) is 36.8 Å². The normalized spacial score (nSPS) is 16.3. The number of nitrogens with zero attached hydrogens (tertiary/aromatic N) is 2. The zero-order valence-corrected chi connectivity index (χ0v) is 14.3. The van der Waals surface area contributed by atoms with Crippen molar-refractivity contribution in [1.29, 1.82) is 0 Å². The van der Waals surface area contributed by atoms with Crippen LogP contribution in [0.5, 0.6) is 5.75 Å². The lowest BCUT2D eigenvalue weighted by Gasteiger charge is -2.30. The Morgan fingerprint density at radius 3 is 2.56 bits per heavy atom. The van der Waals surface area contributed by atoms with E-state index in [-0.39, 0.29) is 5.91 Å². The van der Waals surface area contributed by atoms with Crippen molar-refractivity contribution >= 4 is 23.0 Å². The molecule has 2 aliphatic heterocycles. The SMILES string of the molecule is O=C(CN1CCOc2ccccc21)Nc1ccc(N2CCCC2)cc1. The lowest BCUT2D eigenvalue weighted by Crippen LogP contribution is -2.38. The number of nitrogens with one attached hydrogen (secondary N) is 1. The van der Waals surface area contributed by atoms with E-state index in [9.17, 15) is 4.79 Å². The molecule has 2 aliphatic rings. The van der Waals surface area contributed by atoms with Crippen molar-refractivity contribution < 1.29 is 9.53 Å². The van der Waals surface area contributed by atoms with Crippen LogP contribution in [-0.2, 0) is 4.79 Å². The maximum absolute atomic E-state index is 12.4. The van der Waals surface area contributed by atoms with E-state index in [4.69, 9.17) is 4.74 Å². The van der Waals surface area contributed by atoms with Gasteiger partial charge in [0.2, 0.25) is 5.91 Å². The maximum atomic E-state index is 12.4. The van der Waals surface area contributed by atoms with Crippen LogP contribution in [0.3, 0.4) is 0 Å². The molecule has 5 heteroatoms. The first kappa shape index (κ1) is 15.8. The molecule has 0 spiro atoms. The second-order valence-corrected chi connectivity index (χ2v) is 6.53. The highest BCUT2D eigenvalue weighted by Gasteiger charge is 2.19. The van der Waals surface area contributed by atoms with Crippen LogP contribution in [0.25, 0.3) is 0 Å². The number of ether oxygens (including phenoxy) is 1. The first-order valence-electron chi connectivity index (χ1n) is 8.91. The third kappa shape index (κ3) is 3.55. The number of hydrogen-bond donors (Lipinski definition) is 1. The number of rotatable bonds is 4. The fourth-order valence-corrected chi connectivity index (χ4v) is 3.50. The van der Waals surface area contributed by atoms with Gasteiger partial charge in [0.05, 0.1) is 18.8 Å². The van der Waals surface area contributed by atoms with E-state index in [1.807, 2.05) is 36.4 Å². The van der Waals surface area contributed by atoms with Gasteiger partial charge in [-0.1, -0.05) is 12.1 Å². The molecule has 0 aliphatic carbocycles. The molecule has 0 atom stereocenters.